The minimum absolute atomic E-state index is 0.305. The van der Waals surface area contributed by atoms with Crippen molar-refractivity contribution in [1.29, 1.82) is 5.26 Å². The molecule has 1 nitrogen and oxygen atoms in total. The molecule has 0 saturated carbocycles. The molecule has 0 atom stereocenters. The second-order valence-corrected chi connectivity index (χ2v) is 4.53. The van der Waals surface area contributed by atoms with Crippen LogP contribution in [0.2, 0.25) is 0 Å². The number of alkyl halides is 2. The normalized spacial score (nSPS) is 8.86. The first-order valence-electron chi connectivity index (χ1n) is 1.92. The first-order chi connectivity index (χ1) is 3.27. The van der Waals surface area contributed by atoms with Gasteiger partial charge in [-0.05, 0) is 6.42 Å². The molecule has 0 saturated heterocycles. The van der Waals surface area contributed by atoms with Gasteiger partial charge < -0.3 is 0 Å². The maximum atomic E-state index is 8.02. The first-order valence-corrected chi connectivity index (χ1v) is 3.75. The topological polar surface area (TPSA) is 23.8 Å². The van der Waals surface area contributed by atoms with E-state index in [4.69, 9.17) is 5.26 Å². The quantitative estimate of drug-likeness (QED) is 0.664. The van der Waals surface area contributed by atoms with Gasteiger partial charge in [0.1, 0.15) is 0 Å². The van der Waals surface area contributed by atoms with Gasteiger partial charge in [-0.15, -0.1) is 0 Å². The Morgan fingerprint density at radius 2 is 2.14 bits per heavy atom. The summed E-state index contributed by atoms with van der Waals surface area (Å²) in [6.07, 6.45) is 1.48. The fourth-order valence-electron chi connectivity index (χ4n) is 0.174. The fourth-order valence-corrected chi connectivity index (χ4v) is 0.631. The smallest absolute Gasteiger partial charge is 0.0707 e. The van der Waals surface area contributed by atoms with Crippen LogP contribution in [0.3, 0.4) is 0 Å². The average Bonchev–Trinajstić information content (AvgIpc) is 1.61. The zero-order valence-electron chi connectivity index (χ0n) is 3.69. The van der Waals surface area contributed by atoms with Gasteiger partial charge in [-0.3, -0.25) is 0 Å². The number of rotatable bonds is 2. The van der Waals surface area contributed by atoms with Crippen LogP contribution in [0.1, 0.15) is 12.8 Å². The molecule has 40 valence electrons. The summed E-state index contributed by atoms with van der Waals surface area (Å²) in [6, 6.07) is 2.04. The molecule has 0 fully saturated rings. The van der Waals surface area contributed by atoms with E-state index in [2.05, 4.69) is 31.9 Å². The maximum Gasteiger partial charge on any atom is 0.0707 e. The minimum atomic E-state index is 0.305. The molecule has 0 unspecified atom stereocenters. The van der Waals surface area contributed by atoms with Crippen LogP contribution >= 0.6 is 31.9 Å². The molecule has 0 aliphatic carbocycles. The van der Waals surface area contributed by atoms with Gasteiger partial charge in [0.25, 0.3) is 0 Å². The van der Waals surface area contributed by atoms with Gasteiger partial charge in [0.15, 0.2) is 0 Å². The largest absolute Gasteiger partial charge is 0.198 e. The summed E-state index contributed by atoms with van der Waals surface area (Å²) in [4.78, 5) is 0. The van der Waals surface area contributed by atoms with Gasteiger partial charge in [0.2, 0.25) is 0 Å². The third-order valence-corrected chi connectivity index (χ3v) is 1.39. The van der Waals surface area contributed by atoms with Gasteiger partial charge in [-0.1, -0.05) is 31.9 Å². The van der Waals surface area contributed by atoms with Gasteiger partial charge in [-0.2, -0.15) is 5.26 Å². The molecule has 0 bridgehead atoms. The van der Waals surface area contributed by atoms with E-state index >= 15 is 0 Å². The lowest BCUT2D eigenvalue weighted by molar-refractivity contribution is 0.965. The van der Waals surface area contributed by atoms with Crippen LogP contribution in [-0.2, 0) is 0 Å². The van der Waals surface area contributed by atoms with Crippen LogP contribution in [0.4, 0.5) is 0 Å². The van der Waals surface area contributed by atoms with E-state index in [-0.39, 0.29) is 0 Å². The molecule has 0 N–H and O–H groups in total. The van der Waals surface area contributed by atoms with E-state index in [9.17, 15) is 0 Å². The van der Waals surface area contributed by atoms with Crippen LogP contribution < -0.4 is 0 Å². The van der Waals surface area contributed by atoms with E-state index in [1.54, 1.807) is 0 Å². The van der Waals surface area contributed by atoms with E-state index in [0.29, 0.717) is 10.2 Å². The minimum Gasteiger partial charge on any atom is -0.198 e. The second kappa shape index (κ2) is 4.61. The van der Waals surface area contributed by atoms with Crippen LogP contribution in [0.15, 0.2) is 0 Å². The highest BCUT2D eigenvalue weighted by Gasteiger charge is 1.93. The van der Waals surface area contributed by atoms with Gasteiger partial charge in [0.05, 0.1) is 9.81 Å². The van der Waals surface area contributed by atoms with Crippen LogP contribution in [0.25, 0.3) is 0 Å². The van der Waals surface area contributed by atoms with Crippen molar-refractivity contribution >= 4 is 31.9 Å². The Morgan fingerprint density at radius 1 is 1.57 bits per heavy atom. The summed E-state index contributed by atoms with van der Waals surface area (Å²) in [5.41, 5.74) is 0. The van der Waals surface area contributed by atoms with Crippen molar-refractivity contribution < 1.29 is 0 Å². The predicted molar refractivity (Wildman–Crippen MR) is 36.5 cm³/mol. The summed E-state index contributed by atoms with van der Waals surface area (Å²) in [5.74, 6) is 0. The number of hydrogen-bond donors (Lipinski definition) is 0. The Bertz CT molecular complexity index is 74.2. The predicted octanol–water partition coefficient (Wildman–Crippen LogP) is 2.41. The van der Waals surface area contributed by atoms with Crippen LogP contribution in [0.5, 0.6) is 0 Å². The van der Waals surface area contributed by atoms with Crippen molar-refractivity contribution in [2.45, 2.75) is 16.6 Å². The Morgan fingerprint density at radius 3 is 2.29 bits per heavy atom. The summed E-state index contributed by atoms with van der Waals surface area (Å²) in [5, 5.41) is 8.02. The Labute approximate surface area is 60.0 Å². The molecule has 0 rings (SSSR count). The average molecular weight is 227 g/mol. The van der Waals surface area contributed by atoms with Crippen molar-refractivity contribution in [2.24, 2.45) is 0 Å². The summed E-state index contributed by atoms with van der Waals surface area (Å²) in [6.45, 7) is 0. The zero-order chi connectivity index (χ0) is 5.70. The van der Waals surface area contributed by atoms with Crippen molar-refractivity contribution in [3.63, 3.8) is 0 Å². The number of nitriles is 1. The summed E-state index contributed by atoms with van der Waals surface area (Å²) in [7, 11) is 0. The monoisotopic (exact) mass is 225 g/mol. The molecule has 0 heterocycles. The number of hydrogen-bond acceptors (Lipinski definition) is 1. The molecule has 7 heavy (non-hydrogen) atoms. The Balaban J connectivity index is 2.86. The molecule has 3 heteroatoms. The highest BCUT2D eigenvalue weighted by atomic mass is 79.9. The zero-order valence-corrected chi connectivity index (χ0v) is 6.87. The molecule has 0 aliphatic rings. The summed E-state index contributed by atoms with van der Waals surface area (Å²) >= 11 is 6.48. The molecule has 0 aliphatic heterocycles. The Kier molecular flexibility index (Phi) is 4.90. The SMILES string of the molecule is N#CCCC(Br)Br. The van der Waals surface area contributed by atoms with E-state index in [1.807, 2.05) is 6.07 Å². The van der Waals surface area contributed by atoms with Gasteiger partial charge >= 0.3 is 0 Å². The van der Waals surface area contributed by atoms with E-state index in [0.717, 1.165) is 6.42 Å². The van der Waals surface area contributed by atoms with E-state index < -0.39 is 0 Å². The van der Waals surface area contributed by atoms with Crippen molar-refractivity contribution in [3.8, 4) is 6.07 Å². The maximum absolute atomic E-state index is 8.02. The van der Waals surface area contributed by atoms with Gasteiger partial charge in [-0.25, -0.2) is 0 Å². The lowest BCUT2D eigenvalue weighted by Gasteiger charge is -1.90. The fraction of sp³-hybridized carbons (Fsp3) is 0.750. The van der Waals surface area contributed by atoms with Crippen LogP contribution in [0, 0.1) is 11.3 Å². The second-order valence-electron chi connectivity index (χ2n) is 1.09. The van der Waals surface area contributed by atoms with Gasteiger partial charge in [0, 0.05) is 6.42 Å². The number of halogens is 2. The van der Waals surface area contributed by atoms with Crippen LogP contribution in [-0.4, -0.2) is 3.74 Å². The molecule has 0 aromatic carbocycles. The van der Waals surface area contributed by atoms with Crippen molar-refractivity contribution in [3.05, 3.63) is 0 Å². The van der Waals surface area contributed by atoms with E-state index in [1.165, 1.54) is 0 Å². The third-order valence-electron chi connectivity index (χ3n) is 0.474. The molecule has 0 radical (unpaired) electrons. The highest BCUT2D eigenvalue weighted by molar-refractivity contribution is 9.24. The molecular formula is C4H5Br2N. The molecular weight excluding hydrogens is 222 g/mol. The van der Waals surface area contributed by atoms with Crippen molar-refractivity contribution in [2.75, 3.05) is 0 Å². The lowest BCUT2D eigenvalue weighted by Crippen LogP contribution is -1.80. The van der Waals surface area contributed by atoms with Crippen molar-refractivity contribution in [1.82, 2.24) is 0 Å². The lowest BCUT2D eigenvalue weighted by atomic mass is 10.4. The summed E-state index contributed by atoms with van der Waals surface area (Å²) < 4.78 is 0.305. The highest BCUT2D eigenvalue weighted by Crippen LogP contribution is 2.13. The number of nitrogens with zero attached hydrogens (tertiary/aromatic N) is 1. The molecule has 0 aromatic rings. The standard InChI is InChI=1S/C4H5Br2N/c5-4(6)2-1-3-7/h4H,1-2H2. The third kappa shape index (κ3) is 6.45. The molecule has 0 spiro atoms. The molecule has 0 amide bonds. The first kappa shape index (κ1) is 7.45. The molecule has 0 aromatic heterocycles. The Hall–Kier alpha value is 0.450.